The first-order valence-electron chi connectivity index (χ1n) is 8.73. The van der Waals surface area contributed by atoms with Crippen LogP contribution >= 0.6 is 0 Å². The molecule has 1 heterocycles. The highest BCUT2D eigenvalue weighted by Crippen LogP contribution is 2.38. The molecule has 1 amide bonds. The number of aromatic nitrogens is 1. The molecule has 0 N–H and O–H groups in total. The molecule has 0 spiro atoms. The first-order valence-corrected chi connectivity index (χ1v) is 8.73. The van der Waals surface area contributed by atoms with Crippen LogP contribution in [0.1, 0.15) is 15.9 Å². The van der Waals surface area contributed by atoms with Crippen LogP contribution in [0.5, 0.6) is 17.2 Å². The van der Waals surface area contributed by atoms with E-state index >= 15 is 0 Å². The minimum Gasteiger partial charge on any atom is -0.493 e. The number of hydrogen-bond acceptors (Lipinski definition) is 5. The lowest BCUT2D eigenvalue weighted by Gasteiger charge is -2.24. The molecular formula is C22H22N2O4. The van der Waals surface area contributed by atoms with Gasteiger partial charge in [0.25, 0.3) is 5.91 Å². The molecule has 28 heavy (non-hydrogen) atoms. The number of ether oxygens (including phenoxy) is 3. The van der Waals surface area contributed by atoms with Gasteiger partial charge in [-0.05, 0) is 35.9 Å². The van der Waals surface area contributed by atoms with Crippen molar-refractivity contribution in [2.24, 2.45) is 0 Å². The van der Waals surface area contributed by atoms with Crippen molar-refractivity contribution < 1.29 is 19.0 Å². The van der Waals surface area contributed by atoms with Gasteiger partial charge in [0.05, 0.1) is 27.9 Å². The van der Waals surface area contributed by atoms with E-state index in [2.05, 4.69) is 4.98 Å². The first-order chi connectivity index (χ1) is 13.7. The summed E-state index contributed by atoms with van der Waals surface area (Å²) in [5.41, 5.74) is 2.14. The molecule has 1 aromatic heterocycles. The fourth-order valence-electron chi connectivity index (χ4n) is 2.92. The van der Waals surface area contributed by atoms with Crippen molar-refractivity contribution in [3.8, 4) is 17.2 Å². The molecule has 3 aromatic rings. The number of methoxy groups -OCH3 is 3. The minimum absolute atomic E-state index is 0.186. The van der Waals surface area contributed by atoms with Gasteiger partial charge in [-0.3, -0.25) is 9.78 Å². The summed E-state index contributed by atoms with van der Waals surface area (Å²) in [6, 6.07) is 16.6. The van der Waals surface area contributed by atoms with E-state index in [4.69, 9.17) is 14.2 Å². The number of para-hydroxylation sites is 1. The maximum atomic E-state index is 13.4. The van der Waals surface area contributed by atoms with Gasteiger partial charge in [-0.15, -0.1) is 0 Å². The Morgan fingerprint density at radius 2 is 1.61 bits per heavy atom. The lowest BCUT2D eigenvalue weighted by atomic mass is 10.1. The number of pyridine rings is 1. The van der Waals surface area contributed by atoms with Gasteiger partial charge >= 0.3 is 0 Å². The smallest absolute Gasteiger partial charge is 0.258 e. The Morgan fingerprint density at radius 1 is 0.929 bits per heavy atom. The van der Waals surface area contributed by atoms with E-state index in [0.717, 1.165) is 11.3 Å². The average Bonchev–Trinajstić information content (AvgIpc) is 2.77. The van der Waals surface area contributed by atoms with E-state index in [1.54, 1.807) is 29.4 Å². The summed E-state index contributed by atoms with van der Waals surface area (Å²) < 4.78 is 16.1. The van der Waals surface area contributed by atoms with Crippen molar-refractivity contribution >= 4 is 11.6 Å². The average molecular weight is 378 g/mol. The molecule has 0 saturated carbocycles. The standard InChI is InChI=1S/C22H22N2O4/c1-26-19-12-17(13-20(27-2)21(19)28-3)22(25)24(18-9-5-4-6-10-18)15-16-8-7-11-23-14-16/h4-14H,15H2,1-3H3. The van der Waals surface area contributed by atoms with E-state index in [-0.39, 0.29) is 5.91 Å². The molecule has 0 radical (unpaired) electrons. The second-order valence-electron chi connectivity index (χ2n) is 6.00. The fourth-order valence-corrected chi connectivity index (χ4v) is 2.92. The third-order valence-electron chi connectivity index (χ3n) is 4.29. The van der Waals surface area contributed by atoms with Crippen LogP contribution < -0.4 is 19.1 Å². The van der Waals surface area contributed by atoms with Crippen LogP contribution in [0.15, 0.2) is 67.0 Å². The van der Waals surface area contributed by atoms with Gasteiger partial charge in [0, 0.05) is 23.6 Å². The fraction of sp³-hybridized carbons (Fsp3) is 0.182. The van der Waals surface area contributed by atoms with Crippen LogP contribution in [0, 0.1) is 0 Å². The van der Waals surface area contributed by atoms with Gasteiger partial charge in [-0.2, -0.15) is 0 Å². The molecule has 0 fully saturated rings. The summed E-state index contributed by atoms with van der Waals surface area (Å²) in [7, 11) is 4.58. The molecule has 2 aromatic carbocycles. The first kappa shape index (κ1) is 19.2. The molecule has 0 aliphatic carbocycles. The third kappa shape index (κ3) is 4.06. The van der Waals surface area contributed by atoms with Crippen LogP contribution in [-0.2, 0) is 6.54 Å². The van der Waals surface area contributed by atoms with Gasteiger partial charge in [-0.1, -0.05) is 24.3 Å². The Balaban J connectivity index is 2.04. The van der Waals surface area contributed by atoms with Crippen LogP contribution in [0.4, 0.5) is 5.69 Å². The Morgan fingerprint density at radius 3 is 2.14 bits per heavy atom. The topological polar surface area (TPSA) is 60.9 Å². The molecule has 6 heteroatoms. The van der Waals surface area contributed by atoms with Crippen LogP contribution in [0.25, 0.3) is 0 Å². The van der Waals surface area contributed by atoms with Gasteiger partial charge in [0.15, 0.2) is 11.5 Å². The number of anilines is 1. The van der Waals surface area contributed by atoms with Gasteiger partial charge in [0.2, 0.25) is 5.75 Å². The maximum Gasteiger partial charge on any atom is 0.258 e. The predicted octanol–water partition coefficient (Wildman–Crippen LogP) is 3.95. The Labute approximate surface area is 164 Å². The normalized spacial score (nSPS) is 10.2. The largest absolute Gasteiger partial charge is 0.493 e. The Kier molecular flexibility index (Phi) is 6.11. The molecule has 0 aliphatic heterocycles. The highest BCUT2D eigenvalue weighted by molar-refractivity contribution is 6.06. The monoisotopic (exact) mass is 378 g/mol. The van der Waals surface area contributed by atoms with Crippen molar-refractivity contribution in [3.63, 3.8) is 0 Å². The summed E-state index contributed by atoms with van der Waals surface area (Å²) >= 11 is 0. The van der Waals surface area contributed by atoms with E-state index < -0.39 is 0 Å². The molecule has 144 valence electrons. The lowest BCUT2D eigenvalue weighted by molar-refractivity contribution is 0.0984. The van der Waals surface area contributed by atoms with Crippen molar-refractivity contribution in [1.29, 1.82) is 0 Å². The van der Waals surface area contributed by atoms with E-state index in [0.29, 0.717) is 29.4 Å². The molecule has 0 saturated heterocycles. The highest BCUT2D eigenvalue weighted by atomic mass is 16.5. The van der Waals surface area contributed by atoms with Crippen molar-refractivity contribution in [2.45, 2.75) is 6.54 Å². The number of nitrogens with zero attached hydrogens (tertiary/aromatic N) is 2. The molecule has 6 nitrogen and oxygen atoms in total. The SMILES string of the molecule is COc1cc(C(=O)N(Cc2cccnc2)c2ccccc2)cc(OC)c1OC. The van der Waals surface area contributed by atoms with E-state index in [1.165, 1.54) is 21.3 Å². The van der Waals surface area contributed by atoms with E-state index in [9.17, 15) is 4.79 Å². The zero-order valence-electron chi connectivity index (χ0n) is 16.1. The van der Waals surface area contributed by atoms with Crippen LogP contribution in [0.3, 0.4) is 0 Å². The zero-order chi connectivity index (χ0) is 19.9. The molecular weight excluding hydrogens is 356 g/mol. The lowest BCUT2D eigenvalue weighted by Crippen LogP contribution is -2.30. The Hall–Kier alpha value is -3.54. The number of benzene rings is 2. The van der Waals surface area contributed by atoms with Crippen molar-refractivity contribution in [3.05, 3.63) is 78.1 Å². The zero-order valence-corrected chi connectivity index (χ0v) is 16.1. The maximum absolute atomic E-state index is 13.4. The van der Waals surface area contributed by atoms with Crippen molar-refractivity contribution in [2.75, 3.05) is 26.2 Å². The second-order valence-corrected chi connectivity index (χ2v) is 6.00. The summed E-state index contributed by atoms with van der Waals surface area (Å²) in [6.07, 6.45) is 3.45. The molecule has 0 bridgehead atoms. The predicted molar refractivity (Wildman–Crippen MR) is 107 cm³/mol. The summed E-state index contributed by atoms with van der Waals surface area (Å²) in [5.74, 6) is 1.12. The third-order valence-corrected chi connectivity index (χ3v) is 4.29. The van der Waals surface area contributed by atoms with Crippen LogP contribution in [0.2, 0.25) is 0 Å². The van der Waals surface area contributed by atoms with Gasteiger partial charge in [-0.25, -0.2) is 0 Å². The van der Waals surface area contributed by atoms with Gasteiger partial charge in [0.1, 0.15) is 0 Å². The molecule has 0 unspecified atom stereocenters. The van der Waals surface area contributed by atoms with Crippen LogP contribution in [-0.4, -0.2) is 32.2 Å². The number of hydrogen-bond donors (Lipinski definition) is 0. The summed E-state index contributed by atoms with van der Waals surface area (Å²) in [6.45, 7) is 0.382. The molecule has 0 aliphatic rings. The minimum atomic E-state index is -0.186. The molecule has 0 atom stereocenters. The van der Waals surface area contributed by atoms with E-state index in [1.807, 2.05) is 42.5 Å². The number of rotatable bonds is 7. The molecule has 3 rings (SSSR count). The number of carbonyl (C=O) groups excluding carboxylic acids is 1. The Bertz CT molecular complexity index is 905. The van der Waals surface area contributed by atoms with Crippen molar-refractivity contribution in [1.82, 2.24) is 4.98 Å². The number of amides is 1. The highest BCUT2D eigenvalue weighted by Gasteiger charge is 2.22. The summed E-state index contributed by atoms with van der Waals surface area (Å²) in [4.78, 5) is 19.3. The second kappa shape index (κ2) is 8.90. The quantitative estimate of drug-likeness (QED) is 0.623. The summed E-state index contributed by atoms with van der Waals surface area (Å²) in [5, 5.41) is 0. The number of carbonyl (C=O) groups is 1. The van der Waals surface area contributed by atoms with Gasteiger partial charge < -0.3 is 19.1 Å².